The number of rotatable bonds is 5. The molecule has 1 unspecified atom stereocenters. The Hall–Kier alpha value is -3.38. The van der Waals surface area contributed by atoms with Crippen molar-refractivity contribution < 1.29 is 15.0 Å². The maximum Gasteiger partial charge on any atom is 0.404 e. The van der Waals surface area contributed by atoms with E-state index >= 15 is 0 Å². The second-order valence-corrected chi connectivity index (χ2v) is 8.77. The number of nitrogens with zero attached hydrogens (tertiary/aromatic N) is 3. The number of fused-ring (bicyclic) bond motifs is 1. The van der Waals surface area contributed by atoms with Crippen LogP contribution in [0.25, 0.3) is 0 Å². The molecule has 0 saturated heterocycles. The van der Waals surface area contributed by atoms with E-state index in [0.29, 0.717) is 23.6 Å². The zero-order chi connectivity index (χ0) is 22.7. The summed E-state index contributed by atoms with van der Waals surface area (Å²) < 4.78 is 0. The topological polar surface area (TPSA) is 143 Å². The average Bonchev–Trinajstić information content (AvgIpc) is 2.75. The summed E-state index contributed by atoms with van der Waals surface area (Å²) in [5.74, 6) is 0.583. The molecule has 9 heteroatoms. The van der Waals surface area contributed by atoms with Crippen molar-refractivity contribution in [2.75, 3.05) is 10.6 Å². The molecule has 5 N–H and O–H groups in total. The summed E-state index contributed by atoms with van der Waals surface area (Å²) in [6, 6.07) is 7.36. The fourth-order valence-electron chi connectivity index (χ4n) is 4.70. The van der Waals surface area contributed by atoms with Gasteiger partial charge in [0.25, 0.3) is 0 Å². The van der Waals surface area contributed by atoms with Gasteiger partial charge in [0.05, 0.1) is 29.2 Å². The summed E-state index contributed by atoms with van der Waals surface area (Å²) in [6.45, 7) is 1.81. The van der Waals surface area contributed by atoms with Gasteiger partial charge in [0.1, 0.15) is 11.9 Å². The summed E-state index contributed by atoms with van der Waals surface area (Å²) in [6.07, 6.45) is 6.57. The van der Waals surface area contributed by atoms with E-state index in [2.05, 4.69) is 32.0 Å². The number of aliphatic hydroxyl groups is 1. The van der Waals surface area contributed by atoms with Gasteiger partial charge in [0, 0.05) is 17.3 Å². The van der Waals surface area contributed by atoms with Gasteiger partial charge in [-0.2, -0.15) is 5.26 Å². The van der Waals surface area contributed by atoms with E-state index in [-0.39, 0.29) is 17.8 Å². The molecule has 2 aromatic rings. The fourth-order valence-corrected chi connectivity index (χ4v) is 4.70. The number of amides is 1. The van der Waals surface area contributed by atoms with Crippen LogP contribution >= 0.6 is 0 Å². The van der Waals surface area contributed by atoms with Crippen LogP contribution in [0.5, 0.6) is 0 Å². The minimum Gasteiger partial charge on any atom is -0.465 e. The molecule has 1 fully saturated rings. The number of pyridine rings is 2. The highest BCUT2D eigenvalue weighted by molar-refractivity contribution is 5.68. The molecule has 0 aromatic carbocycles. The molecule has 3 atom stereocenters. The van der Waals surface area contributed by atoms with Crippen LogP contribution in [0.3, 0.4) is 0 Å². The quantitative estimate of drug-likeness (QED) is 0.478. The molecule has 2 aromatic heterocycles. The molecule has 2 aliphatic rings. The molecule has 0 spiro atoms. The first kappa shape index (κ1) is 21.8. The Morgan fingerprint density at radius 2 is 2.03 bits per heavy atom. The van der Waals surface area contributed by atoms with Crippen LogP contribution in [-0.2, 0) is 12.0 Å². The molecule has 32 heavy (non-hydrogen) atoms. The highest BCUT2D eigenvalue weighted by Gasteiger charge is 2.30. The van der Waals surface area contributed by atoms with Gasteiger partial charge in [-0.3, -0.25) is 0 Å². The van der Waals surface area contributed by atoms with Crippen molar-refractivity contribution in [1.29, 1.82) is 5.26 Å². The van der Waals surface area contributed by atoms with Gasteiger partial charge >= 0.3 is 6.09 Å². The van der Waals surface area contributed by atoms with Gasteiger partial charge in [-0.05, 0) is 51.2 Å². The van der Waals surface area contributed by atoms with Gasteiger partial charge < -0.3 is 26.2 Å². The molecule has 2 aliphatic carbocycles. The van der Waals surface area contributed by atoms with Crippen LogP contribution in [0.15, 0.2) is 24.4 Å². The number of carbonyl (C=O) groups is 1. The molecule has 1 saturated carbocycles. The Balaban J connectivity index is 1.55. The average molecular weight is 437 g/mol. The van der Waals surface area contributed by atoms with E-state index < -0.39 is 11.7 Å². The first-order valence-electron chi connectivity index (χ1n) is 11.0. The van der Waals surface area contributed by atoms with Crippen molar-refractivity contribution in [3.8, 4) is 6.07 Å². The first-order chi connectivity index (χ1) is 15.4. The zero-order valence-electron chi connectivity index (χ0n) is 18.1. The second-order valence-electron chi connectivity index (χ2n) is 8.77. The lowest BCUT2D eigenvalue weighted by Crippen LogP contribution is -2.48. The predicted octanol–water partition coefficient (Wildman–Crippen LogP) is 3.63. The minimum absolute atomic E-state index is 0.0495. The third kappa shape index (κ3) is 4.75. The van der Waals surface area contributed by atoms with Crippen LogP contribution < -0.4 is 16.0 Å². The Bertz CT molecular complexity index is 1050. The number of hydrogen-bond acceptors (Lipinski definition) is 7. The van der Waals surface area contributed by atoms with E-state index in [1.165, 1.54) is 0 Å². The highest BCUT2D eigenvalue weighted by Crippen LogP contribution is 2.35. The largest absolute Gasteiger partial charge is 0.465 e. The van der Waals surface area contributed by atoms with Crippen molar-refractivity contribution in [2.24, 2.45) is 0 Å². The van der Waals surface area contributed by atoms with Crippen LogP contribution in [0.1, 0.15) is 62.4 Å². The van der Waals surface area contributed by atoms with Gasteiger partial charge in [0.15, 0.2) is 5.69 Å². The van der Waals surface area contributed by atoms with Crippen molar-refractivity contribution in [2.45, 2.75) is 69.6 Å². The molecule has 0 radical (unpaired) electrons. The van der Waals surface area contributed by atoms with E-state index in [4.69, 9.17) is 5.11 Å². The molecule has 2 heterocycles. The minimum atomic E-state index is -1.03. The molecule has 168 valence electrons. The molecule has 1 amide bonds. The number of nitriles is 1. The van der Waals surface area contributed by atoms with Crippen LogP contribution in [0.2, 0.25) is 0 Å². The number of nitrogens with one attached hydrogen (secondary N) is 3. The monoisotopic (exact) mass is 436 g/mol. The van der Waals surface area contributed by atoms with E-state index in [1.807, 2.05) is 13.0 Å². The summed E-state index contributed by atoms with van der Waals surface area (Å²) in [5, 5.41) is 38.4. The highest BCUT2D eigenvalue weighted by atomic mass is 16.4. The predicted molar refractivity (Wildman–Crippen MR) is 120 cm³/mol. The summed E-state index contributed by atoms with van der Waals surface area (Å²) in [7, 11) is 0. The van der Waals surface area contributed by atoms with Crippen molar-refractivity contribution >= 4 is 23.3 Å². The van der Waals surface area contributed by atoms with E-state index in [9.17, 15) is 15.2 Å². The summed E-state index contributed by atoms with van der Waals surface area (Å²) in [5.41, 5.74) is 2.30. The summed E-state index contributed by atoms with van der Waals surface area (Å²) in [4.78, 5) is 20.1. The van der Waals surface area contributed by atoms with E-state index in [0.717, 1.165) is 49.8 Å². The molecular formula is C23H28N6O3. The molecule has 9 nitrogen and oxygen atoms in total. The maximum atomic E-state index is 11.1. The molecule has 0 aliphatic heterocycles. The summed E-state index contributed by atoms with van der Waals surface area (Å²) >= 11 is 0. The van der Waals surface area contributed by atoms with Crippen molar-refractivity contribution in [3.05, 3.63) is 41.3 Å². The Labute approximate surface area is 186 Å². The standard InChI is InChI=1S/C23H28N6O3/c1-23(32)10-4-7-16-15(23)8-9-21(27-16)28-19-11-14(13-25-20(19)12-24)26-17-5-2-3-6-18(17)29-22(30)31/h8-9,11,13,17-18,26,29,32H,2-7,10H2,1H3,(H,27,28)(H,30,31)/t17-,18+,23?/m1/s1. The lowest BCUT2D eigenvalue weighted by Gasteiger charge is -2.32. The second kappa shape index (κ2) is 9.01. The molecule has 0 bridgehead atoms. The van der Waals surface area contributed by atoms with Crippen molar-refractivity contribution in [3.63, 3.8) is 0 Å². The first-order valence-corrected chi connectivity index (χ1v) is 11.0. The smallest absolute Gasteiger partial charge is 0.404 e. The van der Waals surface area contributed by atoms with Gasteiger partial charge in [-0.25, -0.2) is 14.8 Å². The van der Waals surface area contributed by atoms with Gasteiger partial charge in [-0.15, -0.1) is 0 Å². The molecule has 4 rings (SSSR count). The zero-order valence-corrected chi connectivity index (χ0v) is 18.1. The van der Waals surface area contributed by atoms with E-state index in [1.54, 1.807) is 18.3 Å². The van der Waals surface area contributed by atoms with Crippen LogP contribution in [0.4, 0.5) is 22.0 Å². The van der Waals surface area contributed by atoms with Gasteiger partial charge in [-0.1, -0.05) is 18.9 Å². The van der Waals surface area contributed by atoms with Gasteiger partial charge in [0.2, 0.25) is 0 Å². The molecular weight excluding hydrogens is 408 g/mol. The number of hydrogen-bond donors (Lipinski definition) is 5. The van der Waals surface area contributed by atoms with Crippen molar-refractivity contribution in [1.82, 2.24) is 15.3 Å². The number of aromatic nitrogens is 2. The Morgan fingerprint density at radius 3 is 2.78 bits per heavy atom. The lowest BCUT2D eigenvalue weighted by molar-refractivity contribution is 0.0379. The number of carboxylic acid groups (broad SMARTS) is 1. The third-order valence-electron chi connectivity index (χ3n) is 6.31. The Morgan fingerprint density at radius 1 is 1.25 bits per heavy atom. The van der Waals surface area contributed by atoms with Crippen LogP contribution in [0, 0.1) is 11.3 Å². The lowest BCUT2D eigenvalue weighted by atomic mass is 9.83. The number of aryl methyl sites for hydroxylation is 1. The SMILES string of the molecule is CC1(O)CCCc2nc(Nc3cc(N[C@@H]4CCCC[C@@H]4NC(=O)O)cnc3C#N)ccc21. The van der Waals surface area contributed by atoms with Crippen LogP contribution in [-0.4, -0.2) is 38.4 Å². The Kier molecular flexibility index (Phi) is 6.15. The fraction of sp³-hybridized carbons (Fsp3) is 0.478. The number of anilines is 3. The normalized spacial score (nSPS) is 24.7. The maximum absolute atomic E-state index is 11.1. The third-order valence-corrected chi connectivity index (χ3v) is 6.31.